The number of nitrogens with one attached hydrogen (secondary N) is 1. The standard InChI is InChI=1S/C23H24N4O3/c1-16-24-22(26-30-16)19-11-5-6-12-20(19)25-23(29)18-10-7-13-27(15-18)21(28)14-17-8-3-2-4-9-17/h2-6,8-9,11-12,18H,7,10,13-15H2,1H3,(H,25,29). The van der Waals surface area contributed by atoms with Crippen LogP contribution in [0.3, 0.4) is 0 Å². The summed E-state index contributed by atoms with van der Waals surface area (Å²) >= 11 is 0. The number of hydrogen-bond acceptors (Lipinski definition) is 5. The predicted molar refractivity (Wildman–Crippen MR) is 113 cm³/mol. The van der Waals surface area contributed by atoms with Crippen molar-refractivity contribution in [2.45, 2.75) is 26.2 Å². The number of piperidine rings is 1. The Hall–Kier alpha value is -3.48. The van der Waals surface area contributed by atoms with Gasteiger partial charge in [0.15, 0.2) is 0 Å². The molecule has 154 valence electrons. The first-order chi connectivity index (χ1) is 14.6. The number of nitrogens with zero attached hydrogens (tertiary/aromatic N) is 3. The van der Waals surface area contributed by atoms with E-state index in [1.807, 2.05) is 54.6 Å². The molecule has 4 rings (SSSR count). The van der Waals surface area contributed by atoms with Gasteiger partial charge in [-0.25, -0.2) is 0 Å². The summed E-state index contributed by atoms with van der Waals surface area (Å²) in [5.74, 6) is 0.609. The van der Waals surface area contributed by atoms with Gasteiger partial charge >= 0.3 is 0 Å². The van der Waals surface area contributed by atoms with Crippen LogP contribution in [-0.2, 0) is 16.0 Å². The van der Waals surface area contributed by atoms with Crippen LogP contribution in [0, 0.1) is 12.8 Å². The van der Waals surface area contributed by atoms with Crippen molar-refractivity contribution >= 4 is 17.5 Å². The molecule has 2 amide bonds. The Labute approximate surface area is 175 Å². The van der Waals surface area contributed by atoms with Gasteiger partial charge in [-0.15, -0.1) is 0 Å². The number of carbonyl (C=O) groups is 2. The summed E-state index contributed by atoms with van der Waals surface area (Å²) in [5, 5.41) is 6.95. The fraction of sp³-hybridized carbons (Fsp3) is 0.304. The lowest BCUT2D eigenvalue weighted by atomic mass is 9.96. The lowest BCUT2D eigenvalue weighted by Crippen LogP contribution is -2.44. The first kappa shape index (κ1) is 19.8. The largest absolute Gasteiger partial charge is 0.342 e. The van der Waals surface area contributed by atoms with Gasteiger partial charge in [-0.3, -0.25) is 9.59 Å². The van der Waals surface area contributed by atoms with E-state index in [0.717, 1.165) is 18.4 Å². The molecule has 2 heterocycles. The predicted octanol–water partition coefficient (Wildman–Crippen LogP) is 3.46. The molecule has 7 nitrogen and oxygen atoms in total. The molecule has 3 aromatic rings. The molecule has 1 unspecified atom stereocenters. The number of aryl methyl sites for hydroxylation is 1. The molecule has 1 fully saturated rings. The van der Waals surface area contributed by atoms with Crippen molar-refractivity contribution in [3.05, 3.63) is 66.1 Å². The third-order valence-corrected chi connectivity index (χ3v) is 5.30. The summed E-state index contributed by atoms with van der Waals surface area (Å²) in [7, 11) is 0. The highest BCUT2D eigenvalue weighted by Gasteiger charge is 2.29. The molecule has 1 atom stereocenters. The average Bonchev–Trinajstić information content (AvgIpc) is 3.21. The second kappa shape index (κ2) is 8.90. The third-order valence-electron chi connectivity index (χ3n) is 5.30. The molecular formula is C23H24N4O3. The Morgan fingerprint density at radius 2 is 1.90 bits per heavy atom. The lowest BCUT2D eigenvalue weighted by Gasteiger charge is -2.32. The van der Waals surface area contributed by atoms with E-state index in [2.05, 4.69) is 15.5 Å². The highest BCUT2D eigenvalue weighted by atomic mass is 16.5. The molecule has 1 aliphatic heterocycles. The van der Waals surface area contributed by atoms with Crippen LogP contribution in [0.15, 0.2) is 59.1 Å². The number of anilines is 1. The molecular weight excluding hydrogens is 380 g/mol. The number of benzene rings is 2. The summed E-state index contributed by atoms with van der Waals surface area (Å²) in [6, 6.07) is 17.1. The van der Waals surface area contributed by atoms with Gasteiger partial charge in [-0.05, 0) is 30.5 Å². The zero-order valence-corrected chi connectivity index (χ0v) is 16.9. The SMILES string of the molecule is Cc1nc(-c2ccccc2NC(=O)C2CCCN(C(=O)Cc3ccccc3)C2)no1. The fourth-order valence-electron chi connectivity index (χ4n) is 3.73. The van der Waals surface area contributed by atoms with Crippen LogP contribution in [0.1, 0.15) is 24.3 Å². The van der Waals surface area contributed by atoms with Crippen LogP contribution in [0.25, 0.3) is 11.4 Å². The molecule has 1 aliphatic rings. The maximum Gasteiger partial charge on any atom is 0.229 e. The second-order valence-corrected chi connectivity index (χ2v) is 7.51. The summed E-state index contributed by atoms with van der Waals surface area (Å²) in [6.07, 6.45) is 1.92. The van der Waals surface area contributed by atoms with Gasteiger partial charge in [-0.1, -0.05) is 47.6 Å². The first-order valence-corrected chi connectivity index (χ1v) is 10.1. The van der Waals surface area contributed by atoms with Crippen LogP contribution < -0.4 is 5.32 Å². The quantitative estimate of drug-likeness (QED) is 0.703. The molecule has 30 heavy (non-hydrogen) atoms. The summed E-state index contributed by atoms with van der Waals surface area (Å²) < 4.78 is 5.07. The van der Waals surface area contributed by atoms with Crippen molar-refractivity contribution in [1.82, 2.24) is 15.0 Å². The number of para-hydroxylation sites is 1. The van der Waals surface area contributed by atoms with E-state index >= 15 is 0 Å². The van der Waals surface area contributed by atoms with E-state index in [1.165, 1.54) is 0 Å². The minimum Gasteiger partial charge on any atom is -0.342 e. The van der Waals surface area contributed by atoms with Crippen LogP contribution in [-0.4, -0.2) is 39.9 Å². The van der Waals surface area contributed by atoms with Crippen molar-refractivity contribution in [3.8, 4) is 11.4 Å². The van der Waals surface area contributed by atoms with Crippen LogP contribution in [0.5, 0.6) is 0 Å². The van der Waals surface area contributed by atoms with Crippen molar-refractivity contribution in [1.29, 1.82) is 0 Å². The Balaban J connectivity index is 1.42. The van der Waals surface area contributed by atoms with Gasteiger partial charge in [0.25, 0.3) is 0 Å². The molecule has 0 saturated carbocycles. The highest BCUT2D eigenvalue weighted by molar-refractivity contribution is 5.96. The molecule has 0 aliphatic carbocycles. The van der Waals surface area contributed by atoms with Gasteiger partial charge in [0.05, 0.1) is 18.0 Å². The van der Waals surface area contributed by atoms with Crippen molar-refractivity contribution in [2.24, 2.45) is 5.92 Å². The number of hydrogen-bond donors (Lipinski definition) is 1. The second-order valence-electron chi connectivity index (χ2n) is 7.51. The number of likely N-dealkylation sites (tertiary alicyclic amines) is 1. The van der Waals surface area contributed by atoms with Gasteiger partial charge in [0.2, 0.25) is 23.5 Å². The minimum atomic E-state index is -0.251. The highest BCUT2D eigenvalue weighted by Crippen LogP contribution is 2.27. The van der Waals surface area contributed by atoms with E-state index in [-0.39, 0.29) is 17.7 Å². The normalized spacial score (nSPS) is 16.3. The zero-order valence-electron chi connectivity index (χ0n) is 16.9. The average molecular weight is 404 g/mol. The Morgan fingerprint density at radius 3 is 2.67 bits per heavy atom. The Morgan fingerprint density at radius 1 is 1.13 bits per heavy atom. The van der Waals surface area contributed by atoms with E-state index in [4.69, 9.17) is 4.52 Å². The Bertz CT molecular complexity index is 1030. The number of amides is 2. The van der Waals surface area contributed by atoms with Crippen LogP contribution in [0.2, 0.25) is 0 Å². The molecule has 0 radical (unpaired) electrons. The van der Waals surface area contributed by atoms with E-state index < -0.39 is 0 Å². The number of carbonyl (C=O) groups excluding carboxylic acids is 2. The van der Waals surface area contributed by atoms with Gasteiger partial charge < -0.3 is 14.7 Å². The monoisotopic (exact) mass is 404 g/mol. The van der Waals surface area contributed by atoms with E-state index in [0.29, 0.717) is 42.5 Å². The van der Waals surface area contributed by atoms with Gasteiger partial charge in [-0.2, -0.15) is 4.98 Å². The smallest absolute Gasteiger partial charge is 0.229 e. The van der Waals surface area contributed by atoms with Crippen molar-refractivity contribution < 1.29 is 14.1 Å². The molecule has 1 aromatic heterocycles. The zero-order chi connectivity index (χ0) is 20.9. The number of aromatic nitrogens is 2. The Kier molecular flexibility index (Phi) is 5.88. The van der Waals surface area contributed by atoms with Crippen molar-refractivity contribution in [3.63, 3.8) is 0 Å². The third kappa shape index (κ3) is 4.56. The van der Waals surface area contributed by atoms with E-state index in [9.17, 15) is 9.59 Å². The molecule has 2 aromatic carbocycles. The molecule has 0 bridgehead atoms. The maximum atomic E-state index is 13.0. The maximum absolute atomic E-state index is 13.0. The molecule has 1 N–H and O–H groups in total. The van der Waals surface area contributed by atoms with Crippen molar-refractivity contribution in [2.75, 3.05) is 18.4 Å². The first-order valence-electron chi connectivity index (χ1n) is 10.1. The van der Waals surface area contributed by atoms with Crippen LogP contribution >= 0.6 is 0 Å². The topological polar surface area (TPSA) is 88.3 Å². The molecule has 7 heteroatoms. The van der Waals surface area contributed by atoms with Gasteiger partial charge in [0, 0.05) is 25.6 Å². The number of rotatable bonds is 5. The molecule has 0 spiro atoms. The minimum absolute atomic E-state index is 0.0568. The van der Waals surface area contributed by atoms with Crippen LogP contribution in [0.4, 0.5) is 5.69 Å². The summed E-state index contributed by atoms with van der Waals surface area (Å²) in [4.78, 5) is 31.7. The lowest BCUT2D eigenvalue weighted by molar-refractivity contribution is -0.133. The van der Waals surface area contributed by atoms with E-state index in [1.54, 1.807) is 11.8 Å². The molecule has 1 saturated heterocycles. The fourth-order valence-corrected chi connectivity index (χ4v) is 3.73. The summed E-state index contributed by atoms with van der Waals surface area (Å²) in [6.45, 7) is 2.84. The van der Waals surface area contributed by atoms with Gasteiger partial charge in [0.1, 0.15) is 0 Å². The summed E-state index contributed by atoms with van der Waals surface area (Å²) in [5.41, 5.74) is 2.32.